The molecule has 1 fully saturated rings. The minimum Gasteiger partial charge on any atom is -0.392 e. The van der Waals surface area contributed by atoms with E-state index < -0.39 is 5.60 Å². The monoisotopic (exact) mass is 251 g/mol. The van der Waals surface area contributed by atoms with Gasteiger partial charge in [0, 0.05) is 25.1 Å². The number of amides is 1. The van der Waals surface area contributed by atoms with E-state index in [1.165, 1.54) is 0 Å². The second kappa shape index (κ2) is 5.48. The topological polar surface area (TPSA) is 78.8 Å². The van der Waals surface area contributed by atoms with Gasteiger partial charge in [-0.25, -0.2) is 0 Å². The zero-order valence-corrected chi connectivity index (χ0v) is 10.1. The van der Waals surface area contributed by atoms with E-state index in [0.717, 1.165) is 5.56 Å². The van der Waals surface area contributed by atoms with Gasteiger partial charge in [-0.15, -0.1) is 0 Å². The molecule has 98 valence electrons. The summed E-state index contributed by atoms with van der Waals surface area (Å²) >= 11 is 0. The van der Waals surface area contributed by atoms with Gasteiger partial charge in [-0.3, -0.25) is 4.79 Å². The van der Waals surface area contributed by atoms with Gasteiger partial charge in [0.15, 0.2) is 0 Å². The van der Waals surface area contributed by atoms with Crippen LogP contribution in [0.15, 0.2) is 24.3 Å². The summed E-state index contributed by atoms with van der Waals surface area (Å²) in [5.41, 5.74) is 0.324. The van der Waals surface area contributed by atoms with Gasteiger partial charge in [0.2, 0.25) is 0 Å². The lowest BCUT2D eigenvalue weighted by atomic mass is 10.0. The van der Waals surface area contributed by atoms with Crippen molar-refractivity contribution in [3.05, 3.63) is 35.4 Å². The highest BCUT2D eigenvalue weighted by atomic mass is 16.5. The second-order valence-electron chi connectivity index (χ2n) is 4.56. The molecule has 1 unspecified atom stereocenters. The van der Waals surface area contributed by atoms with Crippen LogP contribution in [-0.4, -0.2) is 41.5 Å². The van der Waals surface area contributed by atoms with E-state index in [1.54, 1.807) is 24.3 Å². The molecule has 2 rings (SSSR count). The van der Waals surface area contributed by atoms with Crippen LogP contribution in [0.25, 0.3) is 0 Å². The Kier molecular flexibility index (Phi) is 3.96. The van der Waals surface area contributed by atoms with Gasteiger partial charge in [-0.05, 0) is 17.7 Å². The lowest BCUT2D eigenvalue weighted by molar-refractivity contribution is 0.0264. The molecule has 5 heteroatoms. The van der Waals surface area contributed by atoms with E-state index in [0.29, 0.717) is 18.6 Å². The molecule has 5 nitrogen and oxygen atoms in total. The Hall–Kier alpha value is -1.43. The molecule has 0 spiro atoms. The molecule has 1 heterocycles. The van der Waals surface area contributed by atoms with Crippen LogP contribution < -0.4 is 5.32 Å². The molecule has 1 aromatic rings. The first-order valence-corrected chi connectivity index (χ1v) is 5.91. The van der Waals surface area contributed by atoms with Crippen molar-refractivity contribution in [2.75, 3.05) is 19.8 Å². The normalized spacial score (nSPS) is 23.0. The molecule has 1 aromatic carbocycles. The number of carbonyl (C=O) groups is 1. The van der Waals surface area contributed by atoms with Crippen molar-refractivity contribution in [3.8, 4) is 0 Å². The maximum atomic E-state index is 11.8. The predicted octanol–water partition coefficient (Wildman–Crippen LogP) is 0.0601. The Morgan fingerprint density at radius 1 is 1.39 bits per heavy atom. The molecule has 1 saturated heterocycles. The molecule has 1 aliphatic heterocycles. The Morgan fingerprint density at radius 2 is 2.11 bits per heavy atom. The standard InChI is InChI=1S/C13H17NO4/c15-7-10-1-3-11(4-2-10)12(16)14-8-13(17)5-6-18-9-13/h1-4,15,17H,5-9H2,(H,14,16). The number of nitrogens with one attached hydrogen (secondary N) is 1. The lowest BCUT2D eigenvalue weighted by Gasteiger charge is -2.20. The second-order valence-corrected chi connectivity index (χ2v) is 4.56. The molecule has 1 amide bonds. The van der Waals surface area contributed by atoms with Crippen LogP contribution in [0.1, 0.15) is 22.3 Å². The van der Waals surface area contributed by atoms with Crippen molar-refractivity contribution in [3.63, 3.8) is 0 Å². The maximum Gasteiger partial charge on any atom is 0.251 e. The van der Waals surface area contributed by atoms with Crippen LogP contribution in [0.2, 0.25) is 0 Å². The van der Waals surface area contributed by atoms with Crippen molar-refractivity contribution in [1.29, 1.82) is 0 Å². The first-order chi connectivity index (χ1) is 8.63. The molecule has 0 radical (unpaired) electrons. The van der Waals surface area contributed by atoms with Crippen molar-refractivity contribution < 1.29 is 19.7 Å². The summed E-state index contributed by atoms with van der Waals surface area (Å²) < 4.78 is 5.10. The van der Waals surface area contributed by atoms with Crippen LogP contribution >= 0.6 is 0 Å². The summed E-state index contributed by atoms with van der Waals surface area (Å²) in [5.74, 6) is -0.236. The van der Waals surface area contributed by atoms with Crippen LogP contribution in [0.3, 0.4) is 0 Å². The van der Waals surface area contributed by atoms with Crippen molar-refractivity contribution >= 4 is 5.91 Å². The fourth-order valence-corrected chi connectivity index (χ4v) is 1.84. The van der Waals surface area contributed by atoms with Gasteiger partial charge in [0.1, 0.15) is 5.60 Å². The number of hydrogen-bond donors (Lipinski definition) is 3. The molecule has 0 aromatic heterocycles. The third-order valence-corrected chi connectivity index (χ3v) is 3.06. The van der Waals surface area contributed by atoms with Gasteiger partial charge >= 0.3 is 0 Å². The third-order valence-electron chi connectivity index (χ3n) is 3.06. The Balaban J connectivity index is 1.90. The zero-order chi connectivity index (χ0) is 13.0. The highest BCUT2D eigenvalue weighted by Crippen LogP contribution is 2.17. The number of carbonyl (C=O) groups excluding carboxylic acids is 1. The van der Waals surface area contributed by atoms with Gasteiger partial charge < -0.3 is 20.3 Å². The lowest BCUT2D eigenvalue weighted by Crippen LogP contribution is -2.43. The van der Waals surface area contributed by atoms with Crippen LogP contribution in [0.4, 0.5) is 0 Å². The predicted molar refractivity (Wildman–Crippen MR) is 65.1 cm³/mol. The average Bonchev–Trinajstić information content (AvgIpc) is 2.83. The van der Waals surface area contributed by atoms with E-state index in [9.17, 15) is 9.90 Å². The third kappa shape index (κ3) is 3.07. The Labute approximate surface area is 105 Å². The van der Waals surface area contributed by atoms with Crippen LogP contribution in [0, 0.1) is 0 Å². The number of hydrogen-bond acceptors (Lipinski definition) is 4. The van der Waals surface area contributed by atoms with Crippen molar-refractivity contribution in [2.24, 2.45) is 0 Å². The highest BCUT2D eigenvalue weighted by molar-refractivity contribution is 5.94. The highest BCUT2D eigenvalue weighted by Gasteiger charge is 2.32. The van der Waals surface area contributed by atoms with E-state index in [1.807, 2.05) is 0 Å². The average molecular weight is 251 g/mol. The SMILES string of the molecule is O=C(NCC1(O)CCOC1)c1ccc(CO)cc1. The molecule has 0 bridgehead atoms. The fourth-order valence-electron chi connectivity index (χ4n) is 1.84. The van der Waals surface area contributed by atoms with Crippen molar-refractivity contribution in [1.82, 2.24) is 5.32 Å². The number of aliphatic hydroxyl groups is 2. The number of benzene rings is 1. The summed E-state index contributed by atoms with van der Waals surface area (Å²) in [6.07, 6.45) is 0.538. The summed E-state index contributed by atoms with van der Waals surface area (Å²) in [7, 11) is 0. The van der Waals surface area contributed by atoms with Crippen LogP contribution in [-0.2, 0) is 11.3 Å². The van der Waals surface area contributed by atoms with E-state index >= 15 is 0 Å². The summed E-state index contributed by atoms with van der Waals surface area (Å²) in [6.45, 7) is 0.931. The molecule has 18 heavy (non-hydrogen) atoms. The quantitative estimate of drug-likeness (QED) is 0.707. The van der Waals surface area contributed by atoms with Gasteiger partial charge in [-0.2, -0.15) is 0 Å². The van der Waals surface area contributed by atoms with Gasteiger partial charge in [0.05, 0.1) is 13.2 Å². The minimum absolute atomic E-state index is 0.0427. The molecule has 3 N–H and O–H groups in total. The van der Waals surface area contributed by atoms with Gasteiger partial charge in [-0.1, -0.05) is 12.1 Å². The Morgan fingerprint density at radius 3 is 2.67 bits per heavy atom. The number of ether oxygens (including phenoxy) is 1. The van der Waals surface area contributed by atoms with Crippen molar-refractivity contribution in [2.45, 2.75) is 18.6 Å². The van der Waals surface area contributed by atoms with E-state index in [-0.39, 0.29) is 25.7 Å². The fraction of sp³-hybridized carbons (Fsp3) is 0.462. The molecule has 1 atom stereocenters. The number of aliphatic hydroxyl groups excluding tert-OH is 1. The largest absolute Gasteiger partial charge is 0.392 e. The van der Waals surface area contributed by atoms with Crippen LogP contribution in [0.5, 0.6) is 0 Å². The van der Waals surface area contributed by atoms with E-state index in [2.05, 4.69) is 5.32 Å². The maximum absolute atomic E-state index is 11.8. The smallest absolute Gasteiger partial charge is 0.251 e. The Bertz CT molecular complexity index is 410. The molecule has 0 saturated carbocycles. The summed E-state index contributed by atoms with van der Waals surface area (Å²) in [6, 6.07) is 6.69. The zero-order valence-electron chi connectivity index (χ0n) is 10.1. The summed E-state index contributed by atoms with van der Waals surface area (Å²) in [4.78, 5) is 11.8. The molecule has 0 aliphatic carbocycles. The summed E-state index contributed by atoms with van der Waals surface area (Å²) in [5, 5.41) is 21.6. The molecular formula is C13H17NO4. The first-order valence-electron chi connectivity index (χ1n) is 5.91. The first kappa shape index (κ1) is 13.0. The molecular weight excluding hydrogens is 234 g/mol. The van der Waals surface area contributed by atoms with Gasteiger partial charge in [0.25, 0.3) is 5.91 Å². The van der Waals surface area contributed by atoms with E-state index in [4.69, 9.17) is 9.84 Å². The molecule has 1 aliphatic rings. The minimum atomic E-state index is -0.944. The number of rotatable bonds is 4.